The highest BCUT2D eigenvalue weighted by Gasteiger charge is 2.55. The van der Waals surface area contributed by atoms with E-state index in [1.807, 2.05) is 13.8 Å². The number of benzene rings is 1. The summed E-state index contributed by atoms with van der Waals surface area (Å²) in [6.45, 7) is 3.66. The van der Waals surface area contributed by atoms with Crippen LogP contribution in [0.5, 0.6) is 5.75 Å². The number of rotatable bonds is 11. The van der Waals surface area contributed by atoms with Crippen LogP contribution in [0.1, 0.15) is 25.5 Å². The van der Waals surface area contributed by atoms with Crippen LogP contribution >= 0.6 is 23.5 Å². The van der Waals surface area contributed by atoms with Gasteiger partial charge in [-0.2, -0.15) is 0 Å². The normalized spacial score (nSPS) is 19.8. The Morgan fingerprint density at radius 2 is 1.98 bits per heavy atom. The molecule has 1 aromatic carbocycles. The zero-order valence-electron chi connectivity index (χ0n) is 24.7. The van der Waals surface area contributed by atoms with E-state index in [2.05, 4.69) is 26.0 Å². The molecule has 3 atom stereocenters. The van der Waals surface area contributed by atoms with Gasteiger partial charge < -0.3 is 31.4 Å². The number of carbonyl (C=O) groups is 4. The fraction of sp³-hybridized carbons (Fsp3) is 0.333. The van der Waals surface area contributed by atoms with Gasteiger partial charge in [-0.1, -0.05) is 29.1 Å². The Morgan fingerprint density at radius 3 is 2.57 bits per heavy atom. The quantitative estimate of drug-likeness (QED) is 0.162. The predicted molar refractivity (Wildman–Crippen MR) is 169 cm³/mol. The molecule has 1 saturated heterocycles. The van der Waals surface area contributed by atoms with Crippen molar-refractivity contribution in [1.29, 1.82) is 0 Å². The van der Waals surface area contributed by atoms with Crippen molar-refractivity contribution < 1.29 is 34.2 Å². The number of hydrazine groups is 1. The molecule has 4 heterocycles. The van der Waals surface area contributed by atoms with Crippen LogP contribution in [0, 0.1) is 0 Å². The number of phenols is 1. The fourth-order valence-electron chi connectivity index (χ4n) is 4.95. The van der Waals surface area contributed by atoms with Crippen LogP contribution < -0.4 is 32.3 Å². The summed E-state index contributed by atoms with van der Waals surface area (Å²) in [6.07, 6.45) is 2.71. The number of nitrogens with one attached hydrogen (secondary N) is 4. The lowest BCUT2D eigenvalue weighted by Crippen LogP contribution is -2.71. The maximum atomic E-state index is 13.9. The molecular formula is C27H31N9O8S2. The number of H-pyrrole nitrogens is 1. The Bertz CT molecular complexity index is 1680. The van der Waals surface area contributed by atoms with Gasteiger partial charge in [-0.05, 0) is 37.1 Å². The number of nitrogens with two attached hydrogens (primary N) is 1. The number of hydroxylamine groups is 1. The molecule has 3 aliphatic heterocycles. The van der Waals surface area contributed by atoms with E-state index >= 15 is 0 Å². The second-order valence-corrected chi connectivity index (χ2v) is 12.7. The molecule has 5 rings (SSSR count). The Balaban J connectivity index is 1.41. The molecule has 0 bridgehead atoms. The van der Waals surface area contributed by atoms with Crippen molar-refractivity contribution in [1.82, 2.24) is 30.8 Å². The largest absolute Gasteiger partial charge is 0.508 e. The van der Waals surface area contributed by atoms with E-state index in [-0.39, 0.29) is 46.2 Å². The molecule has 0 spiro atoms. The van der Waals surface area contributed by atoms with Crippen LogP contribution in [-0.2, 0) is 19.2 Å². The molecule has 0 aliphatic carbocycles. The third-order valence-electron chi connectivity index (χ3n) is 6.95. The van der Waals surface area contributed by atoms with Crippen molar-refractivity contribution in [3.8, 4) is 5.75 Å². The highest BCUT2D eigenvalue weighted by atomic mass is 32.2. The van der Waals surface area contributed by atoms with Gasteiger partial charge in [-0.3, -0.25) is 34.6 Å². The highest BCUT2D eigenvalue weighted by molar-refractivity contribution is 8.03. The molecule has 3 aliphatic rings. The molecule has 1 aromatic heterocycles. The van der Waals surface area contributed by atoms with Crippen LogP contribution in [0.15, 0.2) is 57.8 Å². The molecular weight excluding hydrogens is 642 g/mol. The van der Waals surface area contributed by atoms with E-state index in [1.54, 1.807) is 13.2 Å². The first-order chi connectivity index (χ1) is 21.8. The summed E-state index contributed by atoms with van der Waals surface area (Å²) >= 11 is 2.52. The Hall–Kier alpha value is -4.88. The molecule has 2 unspecified atom stereocenters. The standard InChI is InChI=1S/C27H31N9O8S2/c1-12(2)31-27-29-8-16(21(38)33-27)35(26(28)43)19(13-4-6-15(37)7-5-13)22(39)32-18-23(40)36-20(25(41)42)14(11-46-24(18)36)10-45-17-9-30-34(3)44-17/h4-9,12,18-19,24,30,37H,10-11H2,1-3H3,(H2,28,43)(H,32,39)(H,41,42)(H2,29,31,33,38)/t18?,19?,24-/m1/s1. The molecule has 17 nitrogen and oxygen atoms in total. The monoisotopic (exact) mass is 673 g/mol. The number of amides is 4. The van der Waals surface area contributed by atoms with Crippen LogP contribution in [0.2, 0.25) is 0 Å². The third kappa shape index (κ3) is 6.56. The maximum absolute atomic E-state index is 13.9. The van der Waals surface area contributed by atoms with Crippen LogP contribution in [0.4, 0.5) is 16.4 Å². The summed E-state index contributed by atoms with van der Waals surface area (Å²) in [4.78, 5) is 79.5. The van der Waals surface area contributed by atoms with Gasteiger partial charge in [0.1, 0.15) is 34.6 Å². The van der Waals surface area contributed by atoms with Gasteiger partial charge >= 0.3 is 12.0 Å². The van der Waals surface area contributed by atoms with E-state index in [0.717, 1.165) is 16.0 Å². The minimum atomic E-state index is -1.58. The van der Waals surface area contributed by atoms with Gasteiger partial charge in [0.25, 0.3) is 11.5 Å². The number of aromatic nitrogens is 2. The zero-order chi connectivity index (χ0) is 33.3. The zero-order valence-corrected chi connectivity index (χ0v) is 26.3. The van der Waals surface area contributed by atoms with E-state index < -0.39 is 46.8 Å². The number of urea groups is 1. The van der Waals surface area contributed by atoms with Crippen molar-refractivity contribution in [2.75, 3.05) is 28.8 Å². The molecule has 2 aromatic rings. The number of carbonyl (C=O) groups excluding carboxylic acids is 3. The summed E-state index contributed by atoms with van der Waals surface area (Å²) in [6, 6.07) is 1.33. The summed E-state index contributed by atoms with van der Waals surface area (Å²) < 4.78 is 0. The Morgan fingerprint density at radius 1 is 1.26 bits per heavy atom. The number of aliphatic carboxylic acids is 1. The molecule has 8 N–H and O–H groups in total. The minimum Gasteiger partial charge on any atom is -0.508 e. The number of primary amides is 1. The van der Waals surface area contributed by atoms with Gasteiger partial charge in [0, 0.05) is 24.6 Å². The number of aromatic amines is 1. The number of carboxylic acid groups (broad SMARTS) is 1. The Kier molecular flexibility index (Phi) is 9.35. The summed E-state index contributed by atoms with van der Waals surface area (Å²) in [7, 11) is 1.66. The first kappa shape index (κ1) is 32.5. The lowest BCUT2D eigenvalue weighted by Gasteiger charge is -2.49. The molecule has 1 fully saturated rings. The highest BCUT2D eigenvalue weighted by Crippen LogP contribution is 2.42. The molecule has 0 radical (unpaired) electrons. The van der Waals surface area contributed by atoms with Gasteiger partial charge in [0.05, 0.1) is 12.4 Å². The summed E-state index contributed by atoms with van der Waals surface area (Å²) in [5.41, 5.74) is 7.91. The fourth-order valence-corrected chi connectivity index (χ4v) is 7.28. The number of hydrogen-bond acceptors (Lipinski definition) is 13. The minimum absolute atomic E-state index is 0.0710. The number of phenolic OH excluding ortho intramolecular Hbond substituents is 1. The Labute approximate surface area is 270 Å². The molecule has 0 saturated carbocycles. The van der Waals surface area contributed by atoms with Gasteiger partial charge in [0.15, 0.2) is 0 Å². The predicted octanol–water partition coefficient (Wildman–Crippen LogP) is 0.575. The first-order valence-corrected chi connectivity index (χ1v) is 15.8. The summed E-state index contributed by atoms with van der Waals surface area (Å²) in [5, 5.41) is 26.6. The van der Waals surface area contributed by atoms with Crippen LogP contribution in [0.25, 0.3) is 0 Å². The summed E-state index contributed by atoms with van der Waals surface area (Å²) in [5.74, 6) is -2.32. The number of nitrogens with zero attached hydrogens (tertiary/aromatic N) is 4. The van der Waals surface area contributed by atoms with Gasteiger partial charge in [-0.25, -0.2) is 14.6 Å². The second-order valence-electron chi connectivity index (χ2n) is 10.6. The number of β-lactam (4-membered cyclic amide) rings is 1. The number of thioether (sulfide) groups is 2. The van der Waals surface area contributed by atoms with Crippen molar-refractivity contribution in [3.63, 3.8) is 0 Å². The van der Waals surface area contributed by atoms with E-state index in [9.17, 15) is 34.2 Å². The third-order valence-corrected chi connectivity index (χ3v) is 9.25. The number of anilines is 2. The van der Waals surface area contributed by atoms with E-state index in [0.29, 0.717) is 10.7 Å². The van der Waals surface area contributed by atoms with Gasteiger partial charge in [0.2, 0.25) is 16.9 Å². The van der Waals surface area contributed by atoms with E-state index in [1.165, 1.54) is 53.0 Å². The van der Waals surface area contributed by atoms with Crippen molar-refractivity contribution in [2.45, 2.75) is 37.3 Å². The van der Waals surface area contributed by atoms with Crippen LogP contribution in [0.3, 0.4) is 0 Å². The first-order valence-electron chi connectivity index (χ1n) is 13.8. The van der Waals surface area contributed by atoms with Crippen molar-refractivity contribution in [2.24, 2.45) is 5.73 Å². The SMILES string of the molecule is CC(C)Nc1ncc(N(C(N)=O)C(C(=O)NC2C(=O)N3C(C(=O)O)=C(CSC4=CNN(C)O4)CS[C@H]23)c2ccc(O)cc2)c(=O)[nH]1. The molecule has 4 amide bonds. The average molecular weight is 674 g/mol. The number of aromatic hydroxyl groups is 1. The topological polar surface area (TPSA) is 236 Å². The van der Waals surface area contributed by atoms with Crippen LogP contribution in [-0.4, -0.2) is 90.1 Å². The molecule has 46 heavy (non-hydrogen) atoms. The van der Waals surface area contributed by atoms with E-state index in [4.69, 9.17) is 10.6 Å². The average Bonchev–Trinajstić information content (AvgIpc) is 3.42. The second kappa shape index (κ2) is 13.2. The van der Waals surface area contributed by atoms with Crippen molar-refractivity contribution >= 4 is 59.0 Å². The lowest BCUT2D eigenvalue weighted by molar-refractivity contribution is -0.150. The smallest absolute Gasteiger partial charge is 0.352 e. The molecule has 244 valence electrons. The maximum Gasteiger partial charge on any atom is 0.352 e. The number of fused-ring (bicyclic) bond motifs is 1. The number of carboxylic acids is 1. The lowest BCUT2D eigenvalue weighted by atomic mass is 10.00. The molecule has 19 heteroatoms. The number of hydrogen-bond donors (Lipinski definition) is 7. The van der Waals surface area contributed by atoms with Crippen molar-refractivity contribution in [3.05, 3.63) is 68.9 Å². The van der Waals surface area contributed by atoms with Gasteiger partial charge in [-0.15, -0.1) is 11.8 Å².